The molecule has 0 saturated carbocycles. The Kier molecular flexibility index (Phi) is 35.5. The molecule has 312 valence electrons. The van der Waals surface area contributed by atoms with Crippen LogP contribution in [0.2, 0.25) is 0 Å². The number of likely N-dealkylation sites (N-methyl/N-ethyl adjacent to an activating group) is 1. The van der Waals surface area contributed by atoms with Gasteiger partial charge < -0.3 is 28.8 Å². The number of nitrogens with zero attached hydrogens (tertiary/aromatic N) is 1. The van der Waals surface area contributed by atoms with Gasteiger partial charge in [-0.3, -0.25) is 9.36 Å². The summed E-state index contributed by atoms with van der Waals surface area (Å²) in [5, 5.41) is 13.7. The molecular weight excluding hydrogens is 683 g/mol. The van der Waals surface area contributed by atoms with E-state index in [9.17, 15) is 19.4 Å². The molecule has 0 aliphatic heterocycles. The van der Waals surface area contributed by atoms with Crippen LogP contribution < -0.4 is 10.2 Å². The van der Waals surface area contributed by atoms with Crippen LogP contribution in [0.15, 0.2) is 36.5 Å². The number of nitrogens with one attached hydrogen (secondary N) is 1. The first-order valence-corrected chi connectivity index (χ1v) is 23.3. The van der Waals surface area contributed by atoms with Gasteiger partial charge in [-0.2, -0.15) is 0 Å². The number of hydrogen-bond donors (Lipinski definition) is 2. The molecule has 2 N–H and O–H groups in total. The minimum atomic E-state index is -4.59. The van der Waals surface area contributed by atoms with Gasteiger partial charge >= 0.3 is 0 Å². The maximum Gasteiger partial charge on any atom is 0.268 e. The summed E-state index contributed by atoms with van der Waals surface area (Å²) in [4.78, 5) is 25.2. The average molecular weight is 769 g/mol. The van der Waals surface area contributed by atoms with Crippen LogP contribution in [0.25, 0.3) is 0 Å². The second-order valence-corrected chi connectivity index (χ2v) is 17.4. The number of phosphoric ester groups is 1. The highest BCUT2D eigenvalue weighted by Crippen LogP contribution is 2.38. The molecule has 0 rings (SSSR count). The SMILES string of the molecule is CCCCCCCCCC/C=C/CC/C=C/CC/C=C/C(O)C(COP(=O)([O-])OCC[N+](C)(C)C)NC(=O)CCCCCCCCCCCCCCC. The fourth-order valence-corrected chi connectivity index (χ4v) is 6.79. The monoisotopic (exact) mass is 769 g/mol. The molecule has 0 heterocycles. The molecule has 3 atom stereocenters. The van der Waals surface area contributed by atoms with Gasteiger partial charge in [0.25, 0.3) is 7.82 Å². The van der Waals surface area contributed by atoms with Crippen molar-refractivity contribution in [2.24, 2.45) is 0 Å². The number of hydrogen-bond acceptors (Lipinski definition) is 6. The molecule has 0 saturated heterocycles. The molecular formula is C44H85N2O6P. The number of allylic oxidation sites excluding steroid dienone is 5. The Balaban J connectivity index is 4.52. The first kappa shape index (κ1) is 51.7. The quantitative estimate of drug-likeness (QED) is 0.0279. The van der Waals surface area contributed by atoms with Crippen molar-refractivity contribution in [2.75, 3.05) is 40.9 Å². The molecule has 0 aliphatic rings. The number of aliphatic hydroxyl groups is 1. The third-order valence-corrected chi connectivity index (χ3v) is 10.5. The zero-order chi connectivity index (χ0) is 39.3. The predicted molar refractivity (Wildman–Crippen MR) is 224 cm³/mol. The summed E-state index contributed by atoms with van der Waals surface area (Å²) in [6.45, 7) is 4.60. The number of carbonyl (C=O) groups excluding carboxylic acids is 1. The van der Waals surface area contributed by atoms with E-state index in [0.29, 0.717) is 17.4 Å². The van der Waals surface area contributed by atoms with Crippen molar-refractivity contribution in [2.45, 2.75) is 199 Å². The Morgan fingerprint density at radius 1 is 0.642 bits per heavy atom. The number of amides is 1. The highest BCUT2D eigenvalue weighted by molar-refractivity contribution is 7.45. The van der Waals surface area contributed by atoms with Crippen LogP contribution in [0.4, 0.5) is 0 Å². The van der Waals surface area contributed by atoms with Gasteiger partial charge in [-0.15, -0.1) is 0 Å². The van der Waals surface area contributed by atoms with Gasteiger partial charge in [0.2, 0.25) is 5.91 Å². The highest BCUT2D eigenvalue weighted by atomic mass is 31.2. The summed E-state index contributed by atoms with van der Waals surface area (Å²) in [5.41, 5.74) is 0. The summed E-state index contributed by atoms with van der Waals surface area (Å²) < 4.78 is 23.1. The number of quaternary nitrogens is 1. The number of phosphoric acid groups is 1. The minimum absolute atomic E-state index is 0.00802. The second kappa shape index (κ2) is 36.4. The Morgan fingerprint density at radius 2 is 1.06 bits per heavy atom. The topological polar surface area (TPSA) is 108 Å². The lowest BCUT2D eigenvalue weighted by molar-refractivity contribution is -0.870. The van der Waals surface area contributed by atoms with E-state index < -0.39 is 26.6 Å². The summed E-state index contributed by atoms with van der Waals surface area (Å²) in [6, 6.07) is -0.905. The van der Waals surface area contributed by atoms with E-state index in [1.807, 2.05) is 27.2 Å². The molecule has 1 amide bonds. The van der Waals surface area contributed by atoms with Crippen molar-refractivity contribution in [3.8, 4) is 0 Å². The van der Waals surface area contributed by atoms with Crippen LogP contribution in [-0.2, 0) is 18.4 Å². The van der Waals surface area contributed by atoms with Gasteiger partial charge in [0, 0.05) is 6.42 Å². The number of carbonyl (C=O) groups is 1. The molecule has 3 unspecified atom stereocenters. The standard InChI is InChI=1S/C44H85N2O6P/c1-6-8-10-12-14-16-18-20-21-22-23-24-26-27-29-31-33-35-37-43(47)42(41-52-53(49,50)51-40-39-46(3,4)5)45-44(48)38-36-34-32-30-28-25-19-17-15-13-11-9-7-2/h22-23,27,29,35,37,42-43,47H,6-21,24-26,28,30-34,36,38-41H2,1-5H3,(H-,45,48,49,50)/b23-22+,29-27+,37-35+. The largest absolute Gasteiger partial charge is 0.756 e. The van der Waals surface area contributed by atoms with Crippen LogP contribution in [0, 0.1) is 0 Å². The zero-order valence-corrected chi connectivity index (χ0v) is 36.1. The maximum absolute atomic E-state index is 12.8. The zero-order valence-electron chi connectivity index (χ0n) is 35.2. The summed E-state index contributed by atoms with van der Waals surface area (Å²) >= 11 is 0. The van der Waals surface area contributed by atoms with E-state index in [0.717, 1.165) is 44.9 Å². The molecule has 0 aromatic carbocycles. The van der Waals surface area contributed by atoms with E-state index in [2.05, 4.69) is 43.5 Å². The summed E-state index contributed by atoms with van der Waals surface area (Å²) in [7, 11) is 1.24. The van der Waals surface area contributed by atoms with Crippen molar-refractivity contribution in [1.29, 1.82) is 0 Å². The molecule has 53 heavy (non-hydrogen) atoms. The Labute approximate surface area is 327 Å². The molecule has 0 bridgehead atoms. The number of aliphatic hydroxyl groups excluding tert-OH is 1. The third-order valence-electron chi connectivity index (χ3n) is 9.58. The van der Waals surface area contributed by atoms with Gasteiger partial charge in [0.1, 0.15) is 13.2 Å². The Morgan fingerprint density at radius 3 is 1.53 bits per heavy atom. The van der Waals surface area contributed by atoms with E-state index in [1.165, 1.54) is 122 Å². The lowest BCUT2D eigenvalue weighted by atomic mass is 10.0. The van der Waals surface area contributed by atoms with Gasteiger partial charge in [-0.25, -0.2) is 0 Å². The van der Waals surface area contributed by atoms with Crippen molar-refractivity contribution in [1.82, 2.24) is 5.32 Å². The van der Waals surface area contributed by atoms with Crippen LogP contribution in [0.3, 0.4) is 0 Å². The highest BCUT2D eigenvalue weighted by Gasteiger charge is 2.23. The molecule has 0 aromatic rings. The lowest BCUT2D eigenvalue weighted by Crippen LogP contribution is -2.45. The van der Waals surface area contributed by atoms with E-state index in [-0.39, 0.29) is 12.5 Å². The fraction of sp³-hybridized carbons (Fsp3) is 0.841. The van der Waals surface area contributed by atoms with Gasteiger partial charge in [-0.05, 0) is 44.9 Å². The van der Waals surface area contributed by atoms with Gasteiger partial charge in [0.15, 0.2) is 0 Å². The first-order valence-electron chi connectivity index (χ1n) is 21.9. The van der Waals surface area contributed by atoms with Crippen LogP contribution in [0.5, 0.6) is 0 Å². The molecule has 9 heteroatoms. The maximum atomic E-state index is 12.8. The van der Waals surface area contributed by atoms with Gasteiger partial charge in [0.05, 0.1) is 39.9 Å². The fourth-order valence-electron chi connectivity index (χ4n) is 6.07. The minimum Gasteiger partial charge on any atom is -0.756 e. The molecule has 8 nitrogen and oxygen atoms in total. The lowest BCUT2D eigenvalue weighted by Gasteiger charge is -2.29. The van der Waals surface area contributed by atoms with E-state index in [4.69, 9.17) is 9.05 Å². The molecule has 0 aromatic heterocycles. The third kappa shape index (κ3) is 38.8. The smallest absolute Gasteiger partial charge is 0.268 e. The Hall–Kier alpha value is -1.28. The average Bonchev–Trinajstić information content (AvgIpc) is 3.10. The molecule has 0 aliphatic carbocycles. The Bertz CT molecular complexity index is 964. The normalized spacial score (nSPS) is 14.8. The van der Waals surface area contributed by atoms with Crippen LogP contribution >= 0.6 is 7.82 Å². The molecule has 0 spiro atoms. The second-order valence-electron chi connectivity index (χ2n) is 16.0. The summed E-state index contributed by atoms with van der Waals surface area (Å²) in [5.74, 6) is -0.212. The van der Waals surface area contributed by atoms with Crippen LogP contribution in [-0.4, -0.2) is 68.5 Å². The van der Waals surface area contributed by atoms with Crippen molar-refractivity contribution in [3.05, 3.63) is 36.5 Å². The van der Waals surface area contributed by atoms with E-state index in [1.54, 1.807) is 6.08 Å². The molecule has 0 fully saturated rings. The van der Waals surface area contributed by atoms with Crippen molar-refractivity contribution >= 4 is 13.7 Å². The van der Waals surface area contributed by atoms with Crippen LogP contribution in [0.1, 0.15) is 187 Å². The van der Waals surface area contributed by atoms with Gasteiger partial charge in [-0.1, -0.05) is 172 Å². The van der Waals surface area contributed by atoms with E-state index >= 15 is 0 Å². The molecule has 0 radical (unpaired) electrons. The number of rotatable bonds is 39. The predicted octanol–water partition coefficient (Wildman–Crippen LogP) is 11.3. The first-order chi connectivity index (χ1) is 25.5. The van der Waals surface area contributed by atoms with Crippen molar-refractivity contribution in [3.63, 3.8) is 0 Å². The summed E-state index contributed by atoms with van der Waals surface area (Å²) in [6.07, 6.45) is 43.3. The van der Waals surface area contributed by atoms with Crippen molar-refractivity contribution < 1.29 is 32.9 Å². The number of unbranched alkanes of at least 4 members (excludes halogenated alkanes) is 22.